The van der Waals surface area contributed by atoms with Crippen molar-refractivity contribution in [2.45, 2.75) is 65.0 Å². The lowest BCUT2D eigenvalue weighted by atomic mass is 9.86. The van der Waals surface area contributed by atoms with Crippen molar-refractivity contribution >= 4 is 0 Å². The van der Waals surface area contributed by atoms with E-state index in [1.54, 1.807) is 0 Å². The van der Waals surface area contributed by atoms with Crippen molar-refractivity contribution in [2.75, 3.05) is 0 Å². The molecule has 1 atom stereocenters. The molecule has 0 aliphatic carbocycles. The summed E-state index contributed by atoms with van der Waals surface area (Å²) < 4.78 is 0. The topological polar surface area (TPSA) is 24.9 Å². The molecular weight excluding hydrogens is 280 g/mol. The summed E-state index contributed by atoms with van der Waals surface area (Å²) >= 11 is 0. The van der Waals surface area contributed by atoms with Gasteiger partial charge < -0.3 is 5.32 Å². The van der Waals surface area contributed by atoms with Crippen LogP contribution in [0.3, 0.4) is 0 Å². The van der Waals surface area contributed by atoms with Crippen LogP contribution in [0, 0.1) is 0 Å². The number of benzene rings is 1. The molecule has 1 unspecified atom stereocenters. The summed E-state index contributed by atoms with van der Waals surface area (Å²) in [7, 11) is 0. The highest BCUT2D eigenvalue weighted by Crippen LogP contribution is 2.26. The molecule has 0 saturated heterocycles. The van der Waals surface area contributed by atoms with E-state index >= 15 is 0 Å². The fourth-order valence-corrected chi connectivity index (χ4v) is 2.72. The molecule has 1 heterocycles. The van der Waals surface area contributed by atoms with E-state index in [4.69, 9.17) is 0 Å². The van der Waals surface area contributed by atoms with Crippen molar-refractivity contribution in [1.29, 1.82) is 0 Å². The Kier molecular flexibility index (Phi) is 5.26. The average Bonchev–Trinajstić information content (AvgIpc) is 2.45. The Morgan fingerprint density at radius 2 is 1.57 bits per heavy atom. The molecule has 2 rings (SSSR count). The van der Waals surface area contributed by atoms with Gasteiger partial charge in [-0.25, -0.2) is 0 Å². The second-order valence-corrected chi connectivity index (χ2v) is 8.34. The highest BCUT2D eigenvalue weighted by atomic mass is 15.0. The van der Waals surface area contributed by atoms with Crippen LogP contribution >= 0.6 is 0 Å². The van der Waals surface area contributed by atoms with Crippen LogP contribution in [-0.2, 0) is 11.8 Å². The van der Waals surface area contributed by atoms with Gasteiger partial charge in [-0.05, 0) is 49.4 Å². The standard InChI is InChI=1S/C21H30N2/c1-20(2,3)17-12-10-16(11-13-17)19(23-21(4,5)6)15-18-9-7-8-14-22-18/h7-14,19,23H,15H2,1-6H3. The summed E-state index contributed by atoms with van der Waals surface area (Å²) in [6, 6.07) is 15.4. The number of nitrogens with one attached hydrogen (secondary N) is 1. The van der Waals surface area contributed by atoms with Gasteiger partial charge in [0, 0.05) is 29.9 Å². The van der Waals surface area contributed by atoms with Crippen LogP contribution in [0.5, 0.6) is 0 Å². The monoisotopic (exact) mass is 310 g/mol. The van der Waals surface area contributed by atoms with E-state index in [-0.39, 0.29) is 17.0 Å². The van der Waals surface area contributed by atoms with Crippen LogP contribution in [0.4, 0.5) is 0 Å². The Hall–Kier alpha value is -1.67. The highest BCUT2D eigenvalue weighted by molar-refractivity contribution is 5.30. The molecule has 0 aliphatic heterocycles. The average molecular weight is 310 g/mol. The van der Waals surface area contributed by atoms with E-state index in [2.05, 4.69) is 88.2 Å². The molecule has 1 aromatic carbocycles. The lowest BCUT2D eigenvalue weighted by Crippen LogP contribution is -2.39. The van der Waals surface area contributed by atoms with Gasteiger partial charge in [-0.2, -0.15) is 0 Å². The second-order valence-electron chi connectivity index (χ2n) is 8.34. The van der Waals surface area contributed by atoms with Crippen LogP contribution in [0.1, 0.15) is 64.4 Å². The summed E-state index contributed by atoms with van der Waals surface area (Å²) in [5, 5.41) is 3.74. The fourth-order valence-electron chi connectivity index (χ4n) is 2.72. The second kappa shape index (κ2) is 6.84. The number of pyridine rings is 1. The van der Waals surface area contributed by atoms with Gasteiger partial charge in [0.2, 0.25) is 0 Å². The maximum Gasteiger partial charge on any atom is 0.0422 e. The lowest BCUT2D eigenvalue weighted by Gasteiger charge is -2.29. The zero-order chi connectivity index (χ0) is 17.1. The number of aromatic nitrogens is 1. The summed E-state index contributed by atoms with van der Waals surface area (Å²) in [4.78, 5) is 4.49. The van der Waals surface area contributed by atoms with Gasteiger partial charge in [0.05, 0.1) is 0 Å². The predicted octanol–water partition coefficient (Wildman–Crippen LogP) is 5.05. The van der Waals surface area contributed by atoms with Gasteiger partial charge in [0.15, 0.2) is 0 Å². The first-order valence-electron chi connectivity index (χ1n) is 8.43. The van der Waals surface area contributed by atoms with E-state index in [1.165, 1.54) is 11.1 Å². The zero-order valence-corrected chi connectivity index (χ0v) is 15.4. The smallest absolute Gasteiger partial charge is 0.0422 e. The number of hydrogen-bond donors (Lipinski definition) is 1. The Morgan fingerprint density at radius 3 is 2.04 bits per heavy atom. The minimum Gasteiger partial charge on any atom is -0.305 e. The van der Waals surface area contributed by atoms with Crippen molar-refractivity contribution in [3.63, 3.8) is 0 Å². The van der Waals surface area contributed by atoms with Gasteiger partial charge in [-0.1, -0.05) is 51.1 Å². The maximum atomic E-state index is 4.49. The van der Waals surface area contributed by atoms with E-state index in [9.17, 15) is 0 Å². The number of hydrogen-bond acceptors (Lipinski definition) is 2. The molecule has 2 nitrogen and oxygen atoms in total. The SMILES string of the molecule is CC(C)(C)NC(Cc1ccccn1)c1ccc(C(C)(C)C)cc1. The van der Waals surface area contributed by atoms with Gasteiger partial charge >= 0.3 is 0 Å². The van der Waals surface area contributed by atoms with Crippen LogP contribution < -0.4 is 5.32 Å². The minimum atomic E-state index is 0.0577. The first-order valence-corrected chi connectivity index (χ1v) is 8.43. The third-order valence-corrected chi connectivity index (χ3v) is 3.93. The van der Waals surface area contributed by atoms with Gasteiger partial charge in [0.1, 0.15) is 0 Å². The first-order chi connectivity index (χ1) is 10.6. The normalized spacial score (nSPS) is 13.8. The molecule has 124 valence electrons. The maximum absolute atomic E-state index is 4.49. The lowest BCUT2D eigenvalue weighted by molar-refractivity contribution is 0.360. The molecule has 0 aliphatic rings. The fraction of sp³-hybridized carbons (Fsp3) is 0.476. The third kappa shape index (κ3) is 5.47. The summed E-state index contributed by atoms with van der Waals surface area (Å²) in [6.45, 7) is 13.4. The molecule has 0 fully saturated rings. The largest absolute Gasteiger partial charge is 0.305 e. The molecule has 0 spiro atoms. The number of rotatable bonds is 4. The molecule has 2 aromatic rings. The molecule has 23 heavy (non-hydrogen) atoms. The van der Waals surface area contributed by atoms with Gasteiger partial charge in [-0.3, -0.25) is 4.98 Å². The predicted molar refractivity (Wildman–Crippen MR) is 98.7 cm³/mol. The Morgan fingerprint density at radius 1 is 0.913 bits per heavy atom. The van der Waals surface area contributed by atoms with E-state index in [0.29, 0.717) is 0 Å². The molecule has 2 heteroatoms. The quantitative estimate of drug-likeness (QED) is 0.854. The molecule has 0 saturated carbocycles. The Bertz CT molecular complexity index is 601. The van der Waals surface area contributed by atoms with Crippen molar-refractivity contribution in [3.05, 3.63) is 65.5 Å². The molecule has 0 radical (unpaired) electrons. The van der Waals surface area contributed by atoms with E-state index < -0.39 is 0 Å². The highest BCUT2D eigenvalue weighted by Gasteiger charge is 2.21. The molecule has 1 aromatic heterocycles. The Labute approximate surface area is 141 Å². The van der Waals surface area contributed by atoms with E-state index in [0.717, 1.165) is 12.1 Å². The van der Waals surface area contributed by atoms with Gasteiger partial charge in [0.25, 0.3) is 0 Å². The molecule has 0 amide bonds. The van der Waals surface area contributed by atoms with Crippen LogP contribution in [0.25, 0.3) is 0 Å². The zero-order valence-electron chi connectivity index (χ0n) is 15.4. The van der Waals surface area contributed by atoms with Crippen LogP contribution in [0.15, 0.2) is 48.7 Å². The van der Waals surface area contributed by atoms with Crippen molar-refractivity contribution in [3.8, 4) is 0 Å². The van der Waals surface area contributed by atoms with E-state index in [1.807, 2.05) is 12.3 Å². The third-order valence-electron chi connectivity index (χ3n) is 3.93. The van der Waals surface area contributed by atoms with Gasteiger partial charge in [-0.15, -0.1) is 0 Å². The Balaban J connectivity index is 2.26. The van der Waals surface area contributed by atoms with Crippen molar-refractivity contribution in [1.82, 2.24) is 10.3 Å². The molecule has 1 N–H and O–H groups in total. The first kappa shape index (κ1) is 17.7. The minimum absolute atomic E-state index is 0.0577. The van der Waals surface area contributed by atoms with Crippen LogP contribution in [-0.4, -0.2) is 10.5 Å². The number of nitrogens with zero attached hydrogens (tertiary/aromatic N) is 1. The summed E-state index contributed by atoms with van der Waals surface area (Å²) in [6.07, 6.45) is 2.76. The molecular formula is C21H30N2. The summed E-state index contributed by atoms with van der Waals surface area (Å²) in [5.74, 6) is 0. The van der Waals surface area contributed by atoms with Crippen molar-refractivity contribution < 1.29 is 0 Å². The molecule has 0 bridgehead atoms. The summed E-state index contributed by atoms with van der Waals surface area (Å²) in [5.41, 5.74) is 4.05. The van der Waals surface area contributed by atoms with Crippen molar-refractivity contribution in [2.24, 2.45) is 0 Å². The van der Waals surface area contributed by atoms with Crippen LogP contribution in [0.2, 0.25) is 0 Å².